The maximum absolute atomic E-state index is 11.9. The van der Waals surface area contributed by atoms with Crippen molar-refractivity contribution in [3.8, 4) is 0 Å². The quantitative estimate of drug-likeness (QED) is 0.623. The monoisotopic (exact) mass is 263 g/mol. The van der Waals surface area contributed by atoms with Crippen LogP contribution in [-0.4, -0.2) is 32.7 Å². The molecule has 1 atom stereocenters. The number of H-pyrrole nitrogens is 1. The van der Waals surface area contributed by atoms with E-state index in [0.29, 0.717) is 16.7 Å². The lowest BCUT2D eigenvalue weighted by molar-refractivity contribution is 0.268. The molecule has 0 saturated heterocycles. The van der Waals surface area contributed by atoms with Crippen LogP contribution in [0.25, 0.3) is 10.9 Å². The minimum atomic E-state index is -0.284. The summed E-state index contributed by atoms with van der Waals surface area (Å²) in [5.41, 5.74) is 5.82. The first kappa shape index (κ1) is 13.3. The Morgan fingerprint density at radius 2 is 2.32 bits per heavy atom. The number of hydrogen-bond acceptors (Lipinski definition) is 6. The molecule has 5 N–H and O–H groups in total. The van der Waals surface area contributed by atoms with Gasteiger partial charge in [-0.05, 0) is 12.5 Å². The zero-order valence-corrected chi connectivity index (χ0v) is 10.7. The maximum Gasteiger partial charge on any atom is 0.261 e. The summed E-state index contributed by atoms with van der Waals surface area (Å²) in [6.07, 6.45) is 3.19. The van der Waals surface area contributed by atoms with Gasteiger partial charge in [-0.15, -0.1) is 0 Å². The van der Waals surface area contributed by atoms with Gasteiger partial charge in [-0.25, -0.2) is 4.98 Å². The molecule has 102 valence electrons. The Balaban J connectivity index is 2.49. The van der Waals surface area contributed by atoms with Gasteiger partial charge in [0.15, 0.2) is 0 Å². The molecule has 0 aromatic carbocycles. The third-order valence-electron chi connectivity index (χ3n) is 2.84. The minimum absolute atomic E-state index is 0.0377. The zero-order valence-electron chi connectivity index (χ0n) is 10.7. The van der Waals surface area contributed by atoms with Crippen molar-refractivity contribution in [1.82, 2.24) is 15.0 Å². The van der Waals surface area contributed by atoms with Gasteiger partial charge in [-0.3, -0.25) is 4.79 Å². The number of nitrogens with zero attached hydrogens (tertiary/aromatic N) is 2. The van der Waals surface area contributed by atoms with Crippen LogP contribution in [0.15, 0.2) is 17.1 Å². The van der Waals surface area contributed by atoms with Gasteiger partial charge in [0.05, 0.1) is 18.2 Å². The fourth-order valence-electron chi connectivity index (χ4n) is 1.96. The van der Waals surface area contributed by atoms with Gasteiger partial charge in [-0.1, -0.05) is 13.3 Å². The van der Waals surface area contributed by atoms with E-state index in [9.17, 15) is 9.90 Å². The molecule has 0 radical (unpaired) electrons. The van der Waals surface area contributed by atoms with Crippen LogP contribution in [-0.2, 0) is 0 Å². The van der Waals surface area contributed by atoms with Crippen molar-refractivity contribution in [1.29, 1.82) is 0 Å². The maximum atomic E-state index is 11.9. The van der Waals surface area contributed by atoms with Crippen LogP contribution in [0.1, 0.15) is 19.8 Å². The van der Waals surface area contributed by atoms with Gasteiger partial charge in [0.2, 0.25) is 5.95 Å². The van der Waals surface area contributed by atoms with E-state index >= 15 is 0 Å². The van der Waals surface area contributed by atoms with Crippen molar-refractivity contribution >= 4 is 22.7 Å². The normalized spacial score (nSPS) is 12.5. The number of aromatic nitrogens is 3. The predicted octanol–water partition coefficient (Wildman–Crippen LogP) is 0.473. The summed E-state index contributed by atoms with van der Waals surface area (Å²) in [6, 6.07) is 1.50. The number of nitrogens with one attached hydrogen (secondary N) is 2. The molecule has 0 amide bonds. The highest BCUT2D eigenvalue weighted by Crippen LogP contribution is 2.18. The van der Waals surface area contributed by atoms with E-state index < -0.39 is 0 Å². The summed E-state index contributed by atoms with van der Waals surface area (Å²) in [7, 11) is 0. The first-order valence-electron chi connectivity index (χ1n) is 6.18. The van der Waals surface area contributed by atoms with E-state index in [4.69, 9.17) is 5.73 Å². The van der Waals surface area contributed by atoms with E-state index in [0.717, 1.165) is 12.8 Å². The standard InChI is InChI=1S/C12H17N5O2/c1-2-3-7(6-18)15-10-9-8(16-12(13)17-10)4-5-14-11(9)19/h4-5,7,18H,2-3,6H2,1H3,(H,14,19)(H3,13,15,16,17)/t7-/m1/s1. The van der Waals surface area contributed by atoms with Gasteiger partial charge < -0.3 is 21.1 Å². The lowest BCUT2D eigenvalue weighted by atomic mass is 10.1. The average Bonchev–Trinajstić information content (AvgIpc) is 2.37. The van der Waals surface area contributed by atoms with Gasteiger partial charge >= 0.3 is 0 Å². The molecule has 7 nitrogen and oxygen atoms in total. The van der Waals surface area contributed by atoms with Gasteiger partial charge in [0.25, 0.3) is 5.56 Å². The Bertz CT molecular complexity index is 625. The SMILES string of the molecule is CCC[C@H](CO)Nc1nc(N)nc2cc[nH]c(=O)c12. The molecule has 0 aliphatic carbocycles. The number of nitrogen functional groups attached to an aromatic ring is 1. The first-order valence-corrected chi connectivity index (χ1v) is 6.18. The second kappa shape index (κ2) is 5.66. The van der Waals surface area contributed by atoms with Crippen LogP contribution in [0, 0.1) is 0 Å². The molecule has 2 rings (SSSR count). The molecule has 0 spiro atoms. The molecule has 19 heavy (non-hydrogen) atoms. The Hall–Kier alpha value is -2.15. The van der Waals surface area contributed by atoms with E-state index in [1.54, 1.807) is 6.07 Å². The van der Waals surface area contributed by atoms with Crippen molar-refractivity contribution in [3.05, 3.63) is 22.6 Å². The number of aromatic amines is 1. The van der Waals surface area contributed by atoms with Crippen molar-refractivity contribution in [2.75, 3.05) is 17.7 Å². The summed E-state index contributed by atoms with van der Waals surface area (Å²) in [4.78, 5) is 22.5. The van der Waals surface area contributed by atoms with Crippen LogP contribution in [0.5, 0.6) is 0 Å². The van der Waals surface area contributed by atoms with Crippen molar-refractivity contribution in [2.45, 2.75) is 25.8 Å². The highest BCUT2D eigenvalue weighted by Gasteiger charge is 2.13. The third kappa shape index (κ3) is 2.82. The number of fused-ring (bicyclic) bond motifs is 1. The van der Waals surface area contributed by atoms with E-state index in [1.165, 1.54) is 6.20 Å². The lowest BCUT2D eigenvalue weighted by Gasteiger charge is -2.17. The second-order valence-corrected chi connectivity index (χ2v) is 4.31. The molecule has 2 aromatic heterocycles. The van der Waals surface area contributed by atoms with Crippen molar-refractivity contribution in [2.24, 2.45) is 0 Å². The van der Waals surface area contributed by atoms with E-state index in [2.05, 4.69) is 20.3 Å². The number of nitrogens with two attached hydrogens (primary N) is 1. The molecular weight excluding hydrogens is 246 g/mol. The molecule has 0 aliphatic heterocycles. The molecule has 0 unspecified atom stereocenters. The third-order valence-corrected chi connectivity index (χ3v) is 2.84. The molecule has 0 saturated carbocycles. The molecular formula is C12H17N5O2. The summed E-state index contributed by atoms with van der Waals surface area (Å²) in [6.45, 7) is 1.98. The highest BCUT2D eigenvalue weighted by molar-refractivity contribution is 5.88. The first-order chi connectivity index (χ1) is 9.15. The fraction of sp³-hybridized carbons (Fsp3) is 0.417. The average molecular weight is 263 g/mol. The Kier molecular flexibility index (Phi) is 3.96. The zero-order chi connectivity index (χ0) is 13.8. The molecule has 7 heteroatoms. The summed E-state index contributed by atoms with van der Waals surface area (Å²) < 4.78 is 0. The van der Waals surface area contributed by atoms with Gasteiger partial charge in [0, 0.05) is 6.20 Å². The van der Waals surface area contributed by atoms with Gasteiger partial charge in [-0.2, -0.15) is 4.98 Å². The molecule has 0 fully saturated rings. The Morgan fingerprint density at radius 3 is 3.00 bits per heavy atom. The molecule has 0 aliphatic rings. The Morgan fingerprint density at radius 1 is 1.53 bits per heavy atom. The number of anilines is 2. The number of pyridine rings is 1. The number of rotatable bonds is 5. The van der Waals surface area contributed by atoms with Crippen LogP contribution >= 0.6 is 0 Å². The van der Waals surface area contributed by atoms with Crippen LogP contribution in [0.4, 0.5) is 11.8 Å². The number of hydrogen-bond donors (Lipinski definition) is 4. The summed E-state index contributed by atoms with van der Waals surface area (Å²) >= 11 is 0. The predicted molar refractivity (Wildman–Crippen MR) is 74.0 cm³/mol. The van der Waals surface area contributed by atoms with E-state index in [1.807, 2.05) is 6.92 Å². The van der Waals surface area contributed by atoms with Crippen LogP contribution < -0.4 is 16.6 Å². The van der Waals surface area contributed by atoms with E-state index in [-0.39, 0.29) is 24.2 Å². The lowest BCUT2D eigenvalue weighted by Crippen LogP contribution is -2.25. The minimum Gasteiger partial charge on any atom is -0.394 e. The van der Waals surface area contributed by atoms with Crippen molar-refractivity contribution in [3.63, 3.8) is 0 Å². The topological polar surface area (TPSA) is 117 Å². The van der Waals surface area contributed by atoms with Gasteiger partial charge in [0.1, 0.15) is 11.2 Å². The molecule has 2 heterocycles. The van der Waals surface area contributed by atoms with Crippen LogP contribution in [0.2, 0.25) is 0 Å². The molecule has 0 bridgehead atoms. The summed E-state index contributed by atoms with van der Waals surface area (Å²) in [5, 5.41) is 12.7. The Labute approximate surface area is 109 Å². The largest absolute Gasteiger partial charge is 0.394 e. The number of aliphatic hydroxyl groups is 1. The van der Waals surface area contributed by atoms with Crippen molar-refractivity contribution < 1.29 is 5.11 Å². The number of aliphatic hydroxyl groups excluding tert-OH is 1. The van der Waals surface area contributed by atoms with Crippen LogP contribution in [0.3, 0.4) is 0 Å². The smallest absolute Gasteiger partial charge is 0.261 e. The molecule has 2 aromatic rings. The second-order valence-electron chi connectivity index (χ2n) is 4.31. The highest BCUT2D eigenvalue weighted by atomic mass is 16.3. The summed E-state index contributed by atoms with van der Waals surface area (Å²) in [5.74, 6) is 0.450. The fourth-order valence-corrected chi connectivity index (χ4v) is 1.96.